The van der Waals surface area contributed by atoms with Gasteiger partial charge in [0.15, 0.2) is 0 Å². The molecule has 0 spiro atoms. The van der Waals surface area contributed by atoms with Crippen molar-refractivity contribution in [1.29, 1.82) is 0 Å². The number of carbonyl (C=O) groups excluding carboxylic acids is 2. The third-order valence-electron chi connectivity index (χ3n) is 2.93. The summed E-state index contributed by atoms with van der Waals surface area (Å²) in [7, 11) is 5.76. The van der Waals surface area contributed by atoms with Crippen LogP contribution in [0.2, 0.25) is 0 Å². The maximum absolute atomic E-state index is 10.3. The van der Waals surface area contributed by atoms with Crippen molar-refractivity contribution < 1.29 is 49.4 Å². The van der Waals surface area contributed by atoms with Gasteiger partial charge in [0.05, 0.1) is 35.5 Å². The van der Waals surface area contributed by atoms with Crippen molar-refractivity contribution in [1.82, 2.24) is 0 Å². The molecular formula is C16H25CoO7P-2. The fourth-order valence-corrected chi connectivity index (χ4v) is 2.10. The maximum atomic E-state index is 10.3. The molecule has 1 aliphatic carbocycles. The average Bonchev–Trinajstić information content (AvgIpc) is 2.93. The van der Waals surface area contributed by atoms with Crippen LogP contribution in [0, 0.1) is 12.8 Å². The van der Waals surface area contributed by atoms with E-state index in [0.29, 0.717) is 0 Å². The number of carbonyl (C=O) groups is 2. The fourth-order valence-electron chi connectivity index (χ4n) is 1.60. The third-order valence-corrected chi connectivity index (χ3v) is 3.93. The molecule has 0 saturated heterocycles. The molecule has 0 saturated carbocycles. The summed E-state index contributed by atoms with van der Waals surface area (Å²) in [4.78, 5) is 20.6. The minimum absolute atomic E-state index is 0. The molecule has 1 radical (unpaired) electrons. The standard InChI is InChI=1S/C7H7.C6H8O4.C3H10O3P.Co/c1-2-6-4-5-7(6)3-1;1-9-5(7)3-4-6(8)10-2;1-4-7(5-2)6-3;/h1-3H,4-5H2;3-4H,1-2H3;7H,1-3H3;/q-1;-2;+1;. The van der Waals surface area contributed by atoms with Crippen molar-refractivity contribution in [3.8, 4) is 0 Å². The molecular weight excluding hydrogens is 394 g/mol. The Morgan fingerprint density at radius 2 is 1.48 bits per heavy atom. The van der Waals surface area contributed by atoms with Gasteiger partial charge in [0.25, 0.3) is 0 Å². The van der Waals surface area contributed by atoms with Crippen LogP contribution in [0.3, 0.4) is 0 Å². The molecule has 147 valence electrons. The largest absolute Gasteiger partial charge is 0.494 e. The number of rotatable bonds is 6. The van der Waals surface area contributed by atoms with E-state index in [0.717, 1.165) is 12.8 Å². The Morgan fingerprint density at radius 3 is 1.64 bits per heavy atom. The number of esters is 2. The summed E-state index contributed by atoms with van der Waals surface area (Å²) in [6.45, 7) is 0. The summed E-state index contributed by atoms with van der Waals surface area (Å²) < 4.78 is 22.5. The quantitative estimate of drug-likeness (QED) is 0.397. The number of hydrogen-bond acceptors (Lipinski definition) is 7. The second kappa shape index (κ2) is 16.3. The first-order valence-corrected chi connectivity index (χ1v) is 8.31. The third kappa shape index (κ3) is 11.9. The summed E-state index contributed by atoms with van der Waals surface area (Å²) in [6.07, 6.45) is 4.63. The number of fused-ring (bicyclic) bond motifs is 1. The van der Waals surface area contributed by atoms with Crippen LogP contribution in [0.25, 0.3) is 0 Å². The first kappa shape index (κ1) is 26.1. The van der Waals surface area contributed by atoms with Crippen molar-refractivity contribution in [2.45, 2.75) is 12.8 Å². The zero-order valence-electron chi connectivity index (χ0n) is 15.0. The van der Waals surface area contributed by atoms with Crippen LogP contribution in [0.5, 0.6) is 0 Å². The van der Waals surface area contributed by atoms with E-state index in [1.807, 2.05) is 0 Å². The van der Waals surface area contributed by atoms with Crippen molar-refractivity contribution in [2.24, 2.45) is 0 Å². The molecule has 7 nitrogen and oxygen atoms in total. The average molecular weight is 419 g/mol. The first-order valence-electron chi connectivity index (χ1n) is 7.08. The molecule has 0 bridgehead atoms. The molecule has 0 amide bonds. The van der Waals surface area contributed by atoms with Crippen molar-refractivity contribution in [3.05, 3.63) is 42.2 Å². The van der Waals surface area contributed by atoms with E-state index in [-0.39, 0.29) is 16.8 Å². The molecule has 25 heavy (non-hydrogen) atoms. The Balaban J connectivity index is 0. The van der Waals surface area contributed by atoms with Crippen LogP contribution in [0.4, 0.5) is 0 Å². The molecule has 0 fully saturated rings. The minimum atomic E-state index is -1.36. The van der Waals surface area contributed by atoms with Gasteiger partial charge in [-0.15, -0.1) is 0 Å². The van der Waals surface area contributed by atoms with E-state index < -0.39 is 20.5 Å². The Labute approximate surface area is 160 Å². The predicted molar refractivity (Wildman–Crippen MR) is 91.4 cm³/mol. The Bertz CT molecular complexity index is 435. The molecule has 0 atom stereocenters. The summed E-state index contributed by atoms with van der Waals surface area (Å²) >= 11 is 0. The smallest absolute Gasteiger partial charge is 0.397 e. The van der Waals surface area contributed by atoms with Gasteiger partial charge in [0.2, 0.25) is 0 Å². The summed E-state index contributed by atoms with van der Waals surface area (Å²) in [5, 5.41) is 0. The Morgan fingerprint density at radius 1 is 1.00 bits per heavy atom. The molecule has 1 aromatic rings. The second-order valence-electron chi connectivity index (χ2n) is 4.32. The van der Waals surface area contributed by atoms with Crippen LogP contribution in [0.1, 0.15) is 11.1 Å². The van der Waals surface area contributed by atoms with Gasteiger partial charge in [0.1, 0.15) is 11.9 Å². The van der Waals surface area contributed by atoms with Gasteiger partial charge in [-0.1, -0.05) is 12.8 Å². The predicted octanol–water partition coefficient (Wildman–Crippen LogP) is 2.13. The van der Waals surface area contributed by atoms with Gasteiger partial charge in [-0.3, -0.25) is 9.59 Å². The van der Waals surface area contributed by atoms with Crippen molar-refractivity contribution in [2.75, 3.05) is 35.5 Å². The molecule has 1 aromatic carbocycles. The summed E-state index contributed by atoms with van der Waals surface area (Å²) in [6, 6.07) is 6.55. The zero-order valence-corrected chi connectivity index (χ0v) is 17.0. The maximum Gasteiger partial charge on any atom is 0.397 e. The van der Waals surface area contributed by atoms with Crippen molar-refractivity contribution >= 4 is 20.5 Å². The van der Waals surface area contributed by atoms with Gasteiger partial charge >= 0.3 is 8.60 Å². The zero-order chi connectivity index (χ0) is 18.4. The number of methoxy groups -OCH3 is 2. The van der Waals surface area contributed by atoms with Gasteiger partial charge in [-0.25, -0.2) is 12.1 Å². The Kier molecular flexibility index (Phi) is 17.0. The molecule has 0 heterocycles. The molecule has 0 N–H and O–H groups in total. The summed E-state index contributed by atoms with van der Waals surface area (Å²) in [5.74, 6) is -1.16. The second-order valence-corrected chi connectivity index (χ2v) is 6.04. The Hall–Kier alpha value is -1.15. The molecule has 0 aromatic heterocycles. The van der Waals surface area contributed by atoms with Crippen LogP contribution < -0.4 is 0 Å². The summed E-state index contributed by atoms with van der Waals surface area (Å²) in [5.41, 5.74) is 3.14. The fraction of sp³-hybridized carbons (Fsp3) is 0.438. The molecule has 0 aliphatic heterocycles. The van der Waals surface area contributed by atoms with Crippen molar-refractivity contribution in [3.63, 3.8) is 0 Å². The van der Waals surface area contributed by atoms with Gasteiger partial charge in [0, 0.05) is 16.8 Å². The molecule has 0 unspecified atom stereocenters. The van der Waals surface area contributed by atoms with E-state index in [9.17, 15) is 9.59 Å². The van der Waals surface area contributed by atoms with E-state index in [2.05, 4.69) is 27.7 Å². The van der Waals surface area contributed by atoms with E-state index in [1.165, 1.54) is 27.1 Å². The number of hydrogen-bond donors (Lipinski definition) is 0. The molecule has 2 rings (SSSR count). The van der Waals surface area contributed by atoms with Crippen LogP contribution in [-0.2, 0) is 62.3 Å². The van der Waals surface area contributed by atoms with Crippen LogP contribution in [0.15, 0.2) is 18.2 Å². The van der Waals surface area contributed by atoms with E-state index >= 15 is 0 Å². The van der Waals surface area contributed by atoms with E-state index in [4.69, 9.17) is 13.6 Å². The minimum Gasteiger partial charge on any atom is -0.494 e. The number of aryl methyl sites for hydroxylation is 2. The van der Waals surface area contributed by atoms with Gasteiger partial charge < -0.3 is 22.3 Å². The van der Waals surface area contributed by atoms with Crippen LogP contribution in [-0.4, -0.2) is 47.5 Å². The molecule has 9 heteroatoms. The topological polar surface area (TPSA) is 80.3 Å². The SMILES string of the molecule is COC(=O)[CH-][CH-]C(=O)OC.CO[PH+](OC)OC.[Co].c1cc2[c-](c1)CC2. The normalized spacial score (nSPS) is 10.3. The van der Waals surface area contributed by atoms with E-state index in [1.54, 1.807) is 32.5 Å². The molecule has 1 aliphatic rings. The monoisotopic (exact) mass is 419 g/mol. The van der Waals surface area contributed by atoms with Gasteiger partial charge in [-0.05, 0) is 0 Å². The van der Waals surface area contributed by atoms with Gasteiger partial charge in [-0.2, -0.15) is 30.8 Å². The first-order chi connectivity index (χ1) is 11.5. The number of ether oxygens (including phenoxy) is 2. The van der Waals surface area contributed by atoms with Crippen LogP contribution >= 0.6 is 8.60 Å².